The number of benzene rings is 2. The van der Waals surface area contributed by atoms with Gasteiger partial charge in [0.15, 0.2) is 5.78 Å². The zero-order valence-electron chi connectivity index (χ0n) is 14.6. The highest BCUT2D eigenvalue weighted by atomic mass is 16.5. The molecule has 2 aromatic carbocycles. The molecule has 0 radical (unpaired) electrons. The molecule has 0 saturated carbocycles. The predicted molar refractivity (Wildman–Crippen MR) is 96.8 cm³/mol. The SMILES string of the molecule is CCOc1ccc(C=CC(=O)c2c(O)cc(OC)cc2OCC)cc1. The zero-order valence-corrected chi connectivity index (χ0v) is 14.6. The summed E-state index contributed by atoms with van der Waals surface area (Å²) in [6, 6.07) is 10.4. The molecule has 0 aromatic heterocycles. The van der Waals surface area contributed by atoms with Crippen LogP contribution in [0, 0.1) is 0 Å². The summed E-state index contributed by atoms with van der Waals surface area (Å²) < 4.78 is 15.9. The second-order valence-corrected chi connectivity index (χ2v) is 5.15. The van der Waals surface area contributed by atoms with Crippen LogP contribution < -0.4 is 14.2 Å². The number of aromatic hydroxyl groups is 1. The van der Waals surface area contributed by atoms with Crippen molar-refractivity contribution in [2.45, 2.75) is 13.8 Å². The molecule has 0 aliphatic rings. The third kappa shape index (κ3) is 4.76. The Bertz CT molecular complexity index is 747. The van der Waals surface area contributed by atoms with E-state index in [1.807, 2.05) is 31.2 Å². The molecule has 2 rings (SSSR count). The van der Waals surface area contributed by atoms with E-state index in [4.69, 9.17) is 14.2 Å². The summed E-state index contributed by atoms with van der Waals surface area (Å²) in [5, 5.41) is 10.2. The highest BCUT2D eigenvalue weighted by Crippen LogP contribution is 2.34. The molecule has 2 aromatic rings. The Morgan fingerprint density at radius 1 is 1.04 bits per heavy atom. The van der Waals surface area contributed by atoms with Gasteiger partial charge in [0, 0.05) is 12.1 Å². The summed E-state index contributed by atoms with van der Waals surface area (Å²) in [4.78, 5) is 12.5. The molecule has 0 atom stereocenters. The van der Waals surface area contributed by atoms with Gasteiger partial charge in [0.2, 0.25) is 0 Å². The average molecular weight is 342 g/mol. The van der Waals surface area contributed by atoms with Crippen LogP contribution in [-0.4, -0.2) is 31.2 Å². The smallest absolute Gasteiger partial charge is 0.193 e. The minimum absolute atomic E-state index is 0.116. The summed E-state index contributed by atoms with van der Waals surface area (Å²) in [6.07, 6.45) is 3.08. The number of phenols is 1. The summed E-state index contributed by atoms with van der Waals surface area (Å²) in [7, 11) is 1.48. The van der Waals surface area contributed by atoms with Crippen molar-refractivity contribution < 1.29 is 24.1 Å². The number of hydrogen-bond acceptors (Lipinski definition) is 5. The van der Waals surface area contributed by atoms with Crippen molar-refractivity contribution in [1.29, 1.82) is 0 Å². The summed E-state index contributed by atoms with van der Waals surface area (Å²) >= 11 is 0. The first-order chi connectivity index (χ1) is 12.1. The largest absolute Gasteiger partial charge is 0.507 e. The van der Waals surface area contributed by atoms with Gasteiger partial charge in [0.25, 0.3) is 0 Å². The second kappa shape index (κ2) is 8.78. The van der Waals surface area contributed by atoms with Crippen molar-refractivity contribution in [3.05, 3.63) is 53.6 Å². The van der Waals surface area contributed by atoms with Crippen LogP contribution >= 0.6 is 0 Å². The fraction of sp³-hybridized carbons (Fsp3) is 0.250. The van der Waals surface area contributed by atoms with Gasteiger partial charge in [-0.2, -0.15) is 0 Å². The quantitative estimate of drug-likeness (QED) is 0.578. The lowest BCUT2D eigenvalue weighted by Gasteiger charge is -2.12. The van der Waals surface area contributed by atoms with E-state index in [1.54, 1.807) is 19.1 Å². The molecule has 0 unspecified atom stereocenters. The maximum atomic E-state index is 12.5. The predicted octanol–water partition coefficient (Wildman–Crippen LogP) is 4.09. The monoisotopic (exact) mass is 342 g/mol. The van der Waals surface area contributed by atoms with E-state index >= 15 is 0 Å². The maximum Gasteiger partial charge on any atom is 0.193 e. The number of carbonyl (C=O) groups excluding carboxylic acids is 1. The number of ketones is 1. The Morgan fingerprint density at radius 3 is 2.32 bits per heavy atom. The minimum atomic E-state index is -0.350. The highest BCUT2D eigenvalue weighted by Gasteiger charge is 2.17. The molecule has 0 fully saturated rings. The lowest BCUT2D eigenvalue weighted by molar-refractivity contribution is 0.104. The van der Waals surface area contributed by atoms with Crippen molar-refractivity contribution in [2.75, 3.05) is 20.3 Å². The third-order valence-corrected chi connectivity index (χ3v) is 3.46. The molecule has 0 saturated heterocycles. The van der Waals surface area contributed by atoms with Gasteiger partial charge < -0.3 is 19.3 Å². The topological polar surface area (TPSA) is 65.0 Å². The third-order valence-electron chi connectivity index (χ3n) is 3.46. The van der Waals surface area contributed by atoms with Gasteiger partial charge >= 0.3 is 0 Å². The van der Waals surface area contributed by atoms with Crippen molar-refractivity contribution in [3.8, 4) is 23.0 Å². The first-order valence-electron chi connectivity index (χ1n) is 8.08. The Kier molecular flexibility index (Phi) is 6.46. The van der Waals surface area contributed by atoms with Crippen LogP contribution in [0.15, 0.2) is 42.5 Å². The van der Waals surface area contributed by atoms with Gasteiger partial charge in [-0.05, 0) is 37.6 Å². The fourth-order valence-corrected chi connectivity index (χ4v) is 2.31. The number of rotatable bonds is 8. The van der Waals surface area contributed by atoms with Gasteiger partial charge in [-0.25, -0.2) is 0 Å². The first-order valence-corrected chi connectivity index (χ1v) is 8.08. The standard InChI is InChI=1S/C20H22O5/c1-4-24-15-9-6-14(7-10-15)8-11-17(21)20-18(22)12-16(23-3)13-19(20)25-5-2/h6-13,22H,4-5H2,1-3H3. The number of hydrogen-bond donors (Lipinski definition) is 1. The minimum Gasteiger partial charge on any atom is -0.507 e. The molecule has 132 valence electrons. The van der Waals surface area contributed by atoms with Crippen LogP contribution in [0.5, 0.6) is 23.0 Å². The zero-order chi connectivity index (χ0) is 18.2. The molecule has 5 nitrogen and oxygen atoms in total. The van der Waals surface area contributed by atoms with E-state index in [0.717, 1.165) is 11.3 Å². The molecule has 0 bridgehead atoms. The van der Waals surface area contributed by atoms with Crippen molar-refractivity contribution in [1.82, 2.24) is 0 Å². The van der Waals surface area contributed by atoms with Gasteiger partial charge in [-0.1, -0.05) is 18.2 Å². The van der Waals surface area contributed by atoms with Gasteiger partial charge in [0.1, 0.15) is 28.6 Å². The van der Waals surface area contributed by atoms with Gasteiger partial charge in [-0.15, -0.1) is 0 Å². The van der Waals surface area contributed by atoms with E-state index in [9.17, 15) is 9.90 Å². The Hall–Kier alpha value is -2.95. The molecule has 0 amide bonds. The van der Waals surface area contributed by atoms with Crippen LogP contribution in [0.3, 0.4) is 0 Å². The fourth-order valence-electron chi connectivity index (χ4n) is 2.31. The summed E-state index contributed by atoms with van der Waals surface area (Å²) in [5.74, 6) is 0.965. The van der Waals surface area contributed by atoms with Crippen LogP contribution in [0.1, 0.15) is 29.8 Å². The van der Waals surface area contributed by atoms with Crippen molar-refractivity contribution in [3.63, 3.8) is 0 Å². The number of methoxy groups -OCH3 is 1. The Balaban J connectivity index is 2.24. The Labute approximate surface area is 147 Å². The molecule has 25 heavy (non-hydrogen) atoms. The van der Waals surface area contributed by atoms with Crippen LogP contribution in [0.2, 0.25) is 0 Å². The van der Waals surface area contributed by atoms with E-state index in [2.05, 4.69) is 0 Å². The summed E-state index contributed by atoms with van der Waals surface area (Å²) in [6.45, 7) is 4.70. The average Bonchev–Trinajstić information content (AvgIpc) is 2.61. The molecule has 0 spiro atoms. The van der Waals surface area contributed by atoms with E-state index in [1.165, 1.54) is 19.3 Å². The van der Waals surface area contributed by atoms with Crippen LogP contribution in [0.25, 0.3) is 6.08 Å². The van der Waals surface area contributed by atoms with Crippen molar-refractivity contribution in [2.24, 2.45) is 0 Å². The molecular weight excluding hydrogens is 320 g/mol. The second-order valence-electron chi connectivity index (χ2n) is 5.15. The number of ether oxygens (including phenoxy) is 3. The lowest BCUT2D eigenvalue weighted by atomic mass is 10.1. The van der Waals surface area contributed by atoms with Crippen LogP contribution in [0.4, 0.5) is 0 Å². The van der Waals surface area contributed by atoms with Gasteiger partial charge in [0.05, 0.1) is 20.3 Å². The lowest BCUT2D eigenvalue weighted by Crippen LogP contribution is -2.03. The maximum absolute atomic E-state index is 12.5. The molecule has 0 heterocycles. The number of phenolic OH excluding ortho intramolecular Hbond substituents is 1. The molecule has 1 N–H and O–H groups in total. The molecular formula is C20H22O5. The first kappa shape index (κ1) is 18.4. The highest BCUT2D eigenvalue weighted by molar-refractivity contribution is 6.10. The molecule has 5 heteroatoms. The van der Waals surface area contributed by atoms with Crippen LogP contribution in [-0.2, 0) is 0 Å². The number of carbonyl (C=O) groups is 1. The van der Waals surface area contributed by atoms with Crippen molar-refractivity contribution >= 4 is 11.9 Å². The molecule has 0 aliphatic heterocycles. The summed E-state index contributed by atoms with van der Waals surface area (Å²) in [5.41, 5.74) is 0.965. The molecule has 0 aliphatic carbocycles. The number of allylic oxidation sites excluding steroid dienone is 1. The van der Waals surface area contributed by atoms with Gasteiger partial charge in [-0.3, -0.25) is 4.79 Å². The van der Waals surface area contributed by atoms with E-state index in [-0.39, 0.29) is 17.1 Å². The Morgan fingerprint density at radius 2 is 1.72 bits per heavy atom. The van der Waals surface area contributed by atoms with E-state index < -0.39 is 0 Å². The normalized spacial score (nSPS) is 10.7. The van der Waals surface area contributed by atoms with E-state index in [0.29, 0.717) is 24.7 Å².